The molecule has 0 saturated heterocycles. The minimum atomic E-state index is -0.229. The summed E-state index contributed by atoms with van der Waals surface area (Å²) in [7, 11) is 0. The summed E-state index contributed by atoms with van der Waals surface area (Å²) in [4.78, 5) is 12.2. The van der Waals surface area contributed by atoms with Gasteiger partial charge in [0.25, 0.3) is 5.91 Å². The fourth-order valence-electron chi connectivity index (χ4n) is 2.36. The van der Waals surface area contributed by atoms with Crippen LogP contribution in [0.2, 0.25) is 0 Å². The first-order valence-electron chi connectivity index (χ1n) is 8.01. The molecule has 5 nitrogen and oxygen atoms in total. The molecule has 0 aliphatic heterocycles. The fraction of sp³-hybridized carbons (Fsp3) is 0.211. The number of benzene rings is 2. The van der Waals surface area contributed by atoms with Crippen molar-refractivity contribution in [3.8, 4) is 5.69 Å². The number of carbonyl (C=O) groups is 1. The first-order chi connectivity index (χ1) is 11.7. The second-order valence-electron chi connectivity index (χ2n) is 5.74. The molecular weight excluding hydrogens is 300 g/mol. The lowest BCUT2D eigenvalue weighted by atomic mass is 10.1. The molecule has 0 saturated carbocycles. The molecule has 1 amide bonds. The second-order valence-corrected chi connectivity index (χ2v) is 5.74. The van der Waals surface area contributed by atoms with Crippen LogP contribution in [-0.4, -0.2) is 20.9 Å². The number of hydrogen-bond donors (Lipinski definition) is 1. The molecule has 2 aromatic carbocycles. The summed E-state index contributed by atoms with van der Waals surface area (Å²) in [5.74, 6) is -0.229. The highest BCUT2D eigenvalue weighted by atomic mass is 16.2. The number of aromatic nitrogens is 3. The Labute approximate surface area is 141 Å². The van der Waals surface area contributed by atoms with E-state index in [1.54, 1.807) is 10.9 Å². The van der Waals surface area contributed by atoms with Crippen molar-refractivity contribution in [1.82, 2.24) is 20.3 Å². The van der Waals surface area contributed by atoms with Crippen LogP contribution in [0.4, 0.5) is 0 Å². The Morgan fingerprint density at radius 1 is 1.04 bits per heavy atom. The molecule has 5 heteroatoms. The second kappa shape index (κ2) is 7.08. The Kier molecular flexibility index (Phi) is 4.70. The van der Waals surface area contributed by atoms with Crippen LogP contribution in [0.5, 0.6) is 0 Å². The average molecular weight is 320 g/mol. The van der Waals surface area contributed by atoms with Crippen molar-refractivity contribution < 1.29 is 4.79 Å². The third-order valence-electron chi connectivity index (χ3n) is 3.91. The Morgan fingerprint density at radius 2 is 1.71 bits per heavy atom. The maximum Gasteiger partial charge on any atom is 0.273 e. The molecule has 122 valence electrons. The van der Waals surface area contributed by atoms with Crippen LogP contribution < -0.4 is 5.32 Å². The molecule has 0 spiro atoms. The standard InChI is InChI=1S/C19H20N4O/c1-3-15-6-8-16(9-7-15)12-20-19(24)18-13-23(22-21-18)17-10-4-14(2)5-11-17/h4-11,13H,3,12H2,1-2H3,(H,20,24). The van der Waals surface area contributed by atoms with Gasteiger partial charge in [0, 0.05) is 6.54 Å². The molecule has 1 heterocycles. The predicted molar refractivity (Wildman–Crippen MR) is 93.1 cm³/mol. The monoisotopic (exact) mass is 320 g/mol. The zero-order valence-corrected chi connectivity index (χ0v) is 13.9. The van der Waals surface area contributed by atoms with E-state index in [1.807, 2.05) is 43.3 Å². The van der Waals surface area contributed by atoms with E-state index in [1.165, 1.54) is 11.1 Å². The Bertz CT molecular complexity index is 819. The van der Waals surface area contributed by atoms with Gasteiger partial charge in [-0.3, -0.25) is 4.79 Å². The van der Waals surface area contributed by atoms with Crippen molar-refractivity contribution in [3.05, 3.63) is 77.1 Å². The zero-order chi connectivity index (χ0) is 16.9. The molecule has 1 aromatic heterocycles. The van der Waals surface area contributed by atoms with Gasteiger partial charge in [-0.2, -0.15) is 0 Å². The lowest BCUT2D eigenvalue weighted by molar-refractivity contribution is 0.0946. The summed E-state index contributed by atoms with van der Waals surface area (Å²) in [6.07, 6.45) is 2.65. The summed E-state index contributed by atoms with van der Waals surface area (Å²) in [6, 6.07) is 16.1. The van der Waals surface area contributed by atoms with E-state index in [4.69, 9.17) is 0 Å². The molecule has 3 rings (SSSR count). The van der Waals surface area contributed by atoms with Gasteiger partial charge in [-0.05, 0) is 36.6 Å². The normalized spacial score (nSPS) is 10.6. The van der Waals surface area contributed by atoms with Crippen LogP contribution in [0.1, 0.15) is 34.1 Å². The van der Waals surface area contributed by atoms with Gasteiger partial charge >= 0.3 is 0 Å². The number of rotatable bonds is 5. The molecule has 0 aliphatic carbocycles. The molecular formula is C19H20N4O. The maximum atomic E-state index is 12.2. The van der Waals surface area contributed by atoms with Crippen LogP contribution in [0, 0.1) is 6.92 Å². The van der Waals surface area contributed by atoms with E-state index in [0.717, 1.165) is 17.7 Å². The molecule has 0 unspecified atom stereocenters. The summed E-state index contributed by atoms with van der Waals surface area (Å²) in [5.41, 5.74) is 4.70. The molecule has 0 radical (unpaired) electrons. The number of nitrogens with one attached hydrogen (secondary N) is 1. The summed E-state index contributed by atoms with van der Waals surface area (Å²) in [5, 5.41) is 10.8. The SMILES string of the molecule is CCc1ccc(CNC(=O)c2cn(-c3ccc(C)cc3)nn2)cc1. The third-order valence-corrected chi connectivity index (χ3v) is 3.91. The molecule has 1 N–H and O–H groups in total. The molecule has 0 bridgehead atoms. The number of amides is 1. The van der Waals surface area contributed by atoms with Crippen LogP contribution in [-0.2, 0) is 13.0 Å². The van der Waals surface area contributed by atoms with E-state index in [-0.39, 0.29) is 5.91 Å². The third kappa shape index (κ3) is 3.68. The number of carbonyl (C=O) groups excluding carboxylic acids is 1. The Morgan fingerprint density at radius 3 is 2.38 bits per heavy atom. The predicted octanol–water partition coefficient (Wildman–Crippen LogP) is 3.07. The average Bonchev–Trinajstić information content (AvgIpc) is 3.11. The first kappa shape index (κ1) is 15.9. The zero-order valence-electron chi connectivity index (χ0n) is 13.9. The van der Waals surface area contributed by atoms with Crippen molar-refractivity contribution in [1.29, 1.82) is 0 Å². The summed E-state index contributed by atoms with van der Waals surface area (Å²) >= 11 is 0. The van der Waals surface area contributed by atoms with E-state index in [0.29, 0.717) is 12.2 Å². The molecule has 24 heavy (non-hydrogen) atoms. The lowest BCUT2D eigenvalue weighted by Crippen LogP contribution is -2.23. The number of aryl methyl sites for hydroxylation is 2. The largest absolute Gasteiger partial charge is 0.347 e. The van der Waals surface area contributed by atoms with Gasteiger partial charge in [0.2, 0.25) is 0 Å². The van der Waals surface area contributed by atoms with Crippen LogP contribution in [0.25, 0.3) is 5.69 Å². The van der Waals surface area contributed by atoms with Crippen LogP contribution in [0.15, 0.2) is 54.7 Å². The maximum absolute atomic E-state index is 12.2. The minimum absolute atomic E-state index is 0.229. The quantitative estimate of drug-likeness (QED) is 0.786. The van der Waals surface area contributed by atoms with Crippen LogP contribution >= 0.6 is 0 Å². The van der Waals surface area contributed by atoms with E-state index < -0.39 is 0 Å². The summed E-state index contributed by atoms with van der Waals surface area (Å²) < 4.78 is 1.60. The topological polar surface area (TPSA) is 59.8 Å². The summed E-state index contributed by atoms with van der Waals surface area (Å²) in [6.45, 7) is 4.62. The van der Waals surface area contributed by atoms with Crippen molar-refractivity contribution in [2.75, 3.05) is 0 Å². The van der Waals surface area contributed by atoms with Gasteiger partial charge in [-0.15, -0.1) is 5.10 Å². The number of nitrogens with zero attached hydrogens (tertiary/aromatic N) is 3. The highest BCUT2D eigenvalue weighted by molar-refractivity contribution is 5.91. The van der Waals surface area contributed by atoms with Gasteiger partial charge in [0.15, 0.2) is 5.69 Å². The van der Waals surface area contributed by atoms with E-state index >= 15 is 0 Å². The van der Waals surface area contributed by atoms with Crippen molar-refractivity contribution in [2.24, 2.45) is 0 Å². The minimum Gasteiger partial charge on any atom is -0.347 e. The van der Waals surface area contributed by atoms with E-state index in [9.17, 15) is 4.79 Å². The number of hydrogen-bond acceptors (Lipinski definition) is 3. The van der Waals surface area contributed by atoms with Crippen LogP contribution in [0.3, 0.4) is 0 Å². The van der Waals surface area contributed by atoms with Gasteiger partial charge in [-0.25, -0.2) is 4.68 Å². The van der Waals surface area contributed by atoms with Crippen molar-refractivity contribution >= 4 is 5.91 Å². The lowest BCUT2D eigenvalue weighted by Gasteiger charge is -2.04. The van der Waals surface area contributed by atoms with E-state index in [2.05, 4.69) is 34.7 Å². The first-order valence-corrected chi connectivity index (χ1v) is 8.01. The molecule has 0 aliphatic rings. The van der Waals surface area contributed by atoms with Gasteiger partial charge in [-0.1, -0.05) is 54.1 Å². The highest BCUT2D eigenvalue weighted by Gasteiger charge is 2.11. The molecule has 0 atom stereocenters. The molecule has 0 fully saturated rings. The Balaban J connectivity index is 1.64. The Hall–Kier alpha value is -2.95. The fourth-order valence-corrected chi connectivity index (χ4v) is 2.36. The van der Waals surface area contributed by atoms with Gasteiger partial charge in [0.05, 0.1) is 11.9 Å². The van der Waals surface area contributed by atoms with Gasteiger partial charge in [0.1, 0.15) is 0 Å². The van der Waals surface area contributed by atoms with Crippen molar-refractivity contribution in [3.63, 3.8) is 0 Å². The van der Waals surface area contributed by atoms with Gasteiger partial charge < -0.3 is 5.32 Å². The van der Waals surface area contributed by atoms with Crippen molar-refractivity contribution in [2.45, 2.75) is 26.8 Å². The smallest absolute Gasteiger partial charge is 0.273 e. The molecule has 3 aromatic rings. The highest BCUT2D eigenvalue weighted by Crippen LogP contribution is 2.09.